The average molecular weight is 543 g/mol. The molecule has 1 amide bonds. The number of guanidine groups is 1. The molecule has 0 fully saturated rings. The van der Waals surface area contributed by atoms with Gasteiger partial charge >= 0.3 is 0 Å². The molecule has 0 saturated heterocycles. The monoisotopic (exact) mass is 542 g/mol. The molecule has 9 heteroatoms. The molecule has 1 aromatic heterocycles. The topological polar surface area (TPSA) is 132 Å². The van der Waals surface area contributed by atoms with Crippen LogP contribution in [0.1, 0.15) is 26.5 Å². The van der Waals surface area contributed by atoms with Gasteiger partial charge in [0, 0.05) is 28.8 Å². The summed E-state index contributed by atoms with van der Waals surface area (Å²) in [4.78, 5) is 13.2. The van der Waals surface area contributed by atoms with E-state index in [0.29, 0.717) is 5.69 Å². The van der Waals surface area contributed by atoms with Crippen molar-refractivity contribution < 1.29 is 17.8 Å². The Morgan fingerprint density at radius 1 is 0.821 bits per heavy atom. The summed E-state index contributed by atoms with van der Waals surface area (Å²) >= 11 is 0. The number of hydrogen-bond acceptors (Lipinski definition) is 3. The molecule has 8 nitrogen and oxygen atoms in total. The Morgan fingerprint density at radius 3 is 1.92 bits per heavy atom. The van der Waals surface area contributed by atoms with Crippen LogP contribution in [0.2, 0.25) is 0 Å². The van der Waals surface area contributed by atoms with Gasteiger partial charge in [-0.05, 0) is 47.5 Å². The molecule has 0 unspecified atom stereocenters. The Kier molecular flexibility index (Phi) is 7.83. The van der Waals surface area contributed by atoms with Gasteiger partial charge in [0.25, 0.3) is 15.9 Å². The van der Waals surface area contributed by atoms with Crippen molar-refractivity contribution in [2.24, 2.45) is 15.9 Å². The molecule has 5 N–H and O–H groups in total. The Hall–Kier alpha value is -4.50. The predicted molar refractivity (Wildman–Crippen MR) is 154 cm³/mol. The number of benzene rings is 3. The van der Waals surface area contributed by atoms with Gasteiger partial charge in [0.2, 0.25) is 18.2 Å². The molecule has 200 valence electrons. The number of nitrogens with one attached hydrogen (secondary N) is 1. The van der Waals surface area contributed by atoms with E-state index in [1.165, 1.54) is 24.3 Å². The summed E-state index contributed by atoms with van der Waals surface area (Å²) in [5.74, 6) is -0.804. The number of nitrogens with zero attached hydrogens (tertiary/aromatic N) is 2. The first-order valence-electron chi connectivity index (χ1n) is 12.4. The van der Waals surface area contributed by atoms with E-state index in [1.807, 2.05) is 53.1 Å². The molecule has 1 heterocycles. The molecule has 4 rings (SSSR count). The van der Waals surface area contributed by atoms with Crippen molar-refractivity contribution in [1.29, 1.82) is 0 Å². The van der Waals surface area contributed by atoms with Crippen LogP contribution in [0.15, 0.2) is 106 Å². The first-order chi connectivity index (χ1) is 18.4. The molecule has 0 atom stereocenters. The third kappa shape index (κ3) is 6.69. The van der Waals surface area contributed by atoms with Gasteiger partial charge in [-0.2, -0.15) is 13.0 Å². The van der Waals surface area contributed by atoms with E-state index >= 15 is 0 Å². The van der Waals surface area contributed by atoms with Crippen LogP contribution in [0.5, 0.6) is 0 Å². The molecule has 3 aromatic carbocycles. The summed E-state index contributed by atoms with van der Waals surface area (Å²) in [6, 6.07) is 30.1. The van der Waals surface area contributed by atoms with E-state index in [1.54, 1.807) is 0 Å². The maximum Gasteiger partial charge on any atom is 0.290 e. The van der Waals surface area contributed by atoms with Crippen molar-refractivity contribution in [3.05, 3.63) is 103 Å². The van der Waals surface area contributed by atoms with Crippen LogP contribution in [-0.2, 0) is 26.8 Å². The van der Waals surface area contributed by atoms with Crippen LogP contribution in [0.25, 0.3) is 22.4 Å². The fourth-order valence-electron chi connectivity index (χ4n) is 4.30. The van der Waals surface area contributed by atoms with Crippen molar-refractivity contribution in [3.63, 3.8) is 0 Å². The zero-order valence-electron chi connectivity index (χ0n) is 22.1. The molecule has 0 bridgehead atoms. The quantitative estimate of drug-likeness (QED) is 0.183. The van der Waals surface area contributed by atoms with Crippen LogP contribution in [0.4, 0.5) is 5.69 Å². The maximum atomic E-state index is 13.3. The van der Waals surface area contributed by atoms with E-state index < -0.39 is 16.0 Å². The molecule has 0 aliphatic rings. The Labute approximate surface area is 229 Å². The second kappa shape index (κ2) is 11.1. The molecule has 0 saturated carbocycles. The first-order valence-corrected chi connectivity index (χ1v) is 13.8. The van der Waals surface area contributed by atoms with Crippen molar-refractivity contribution >= 4 is 27.6 Å². The number of anilines is 1. The van der Waals surface area contributed by atoms with E-state index in [9.17, 15) is 13.2 Å². The van der Waals surface area contributed by atoms with Crippen LogP contribution < -0.4 is 21.4 Å². The number of carbonyl (C=O) groups is 1. The zero-order valence-corrected chi connectivity index (χ0v) is 22.9. The summed E-state index contributed by atoms with van der Waals surface area (Å²) in [5.41, 5.74) is 15.7. The van der Waals surface area contributed by atoms with Gasteiger partial charge in [-0.1, -0.05) is 69.3 Å². The lowest BCUT2D eigenvalue weighted by Crippen LogP contribution is -2.49. The lowest BCUT2D eigenvalue weighted by molar-refractivity contribution is -0.683. The van der Waals surface area contributed by atoms with E-state index in [4.69, 9.17) is 11.5 Å². The van der Waals surface area contributed by atoms with E-state index in [-0.39, 0.29) is 22.8 Å². The number of aromatic nitrogens is 1. The van der Waals surface area contributed by atoms with Crippen molar-refractivity contribution in [3.8, 4) is 22.4 Å². The minimum absolute atomic E-state index is 0.0555. The van der Waals surface area contributed by atoms with Crippen LogP contribution in [-0.4, -0.2) is 20.3 Å². The number of sulfonamides is 1. The number of amides is 1. The number of nitrogens with two attached hydrogens (primary N) is 2. The highest BCUT2D eigenvalue weighted by molar-refractivity contribution is 7.90. The molecule has 0 radical (unpaired) electrons. The van der Waals surface area contributed by atoms with Crippen LogP contribution >= 0.6 is 0 Å². The number of carbonyl (C=O) groups excluding carboxylic acids is 1. The van der Waals surface area contributed by atoms with Crippen molar-refractivity contribution in [1.82, 2.24) is 0 Å². The highest BCUT2D eigenvalue weighted by atomic mass is 32.2. The number of pyridine rings is 1. The van der Waals surface area contributed by atoms with Crippen LogP contribution in [0, 0.1) is 0 Å². The Bertz CT molecular complexity index is 1610. The summed E-state index contributed by atoms with van der Waals surface area (Å²) in [5, 5.41) is 2.87. The lowest BCUT2D eigenvalue weighted by atomic mass is 9.88. The normalized spacial score (nSPS) is 11.6. The molecule has 39 heavy (non-hydrogen) atoms. The van der Waals surface area contributed by atoms with Gasteiger partial charge in [0.15, 0.2) is 5.69 Å². The van der Waals surface area contributed by atoms with Gasteiger partial charge in [0.1, 0.15) is 0 Å². The first kappa shape index (κ1) is 27.5. The van der Waals surface area contributed by atoms with Crippen molar-refractivity contribution in [2.45, 2.75) is 37.6 Å². The SMILES string of the molecule is CC(C)(C)c1cc(-c2ccccc2)cc(-c2ccccc2)[n+]1CC(=O)Nc1ccc(S(=O)(=O)N=C(N)N)cc1. The molecule has 0 spiro atoms. The van der Waals surface area contributed by atoms with E-state index in [0.717, 1.165) is 28.1 Å². The highest BCUT2D eigenvalue weighted by Gasteiger charge is 2.31. The fourth-order valence-corrected chi connectivity index (χ4v) is 5.17. The minimum Gasteiger partial charge on any atom is -0.369 e. The molecule has 0 aliphatic heterocycles. The van der Waals surface area contributed by atoms with Gasteiger partial charge in [0.05, 0.1) is 4.90 Å². The number of rotatable bonds is 7. The molecule has 0 aliphatic carbocycles. The van der Waals surface area contributed by atoms with Gasteiger partial charge in [-0.25, -0.2) is 0 Å². The smallest absolute Gasteiger partial charge is 0.290 e. The Morgan fingerprint density at radius 2 is 1.38 bits per heavy atom. The van der Waals surface area contributed by atoms with E-state index in [2.05, 4.69) is 54.8 Å². The minimum atomic E-state index is -4.02. The third-order valence-electron chi connectivity index (χ3n) is 6.07. The zero-order chi connectivity index (χ0) is 28.2. The lowest BCUT2D eigenvalue weighted by Gasteiger charge is -2.20. The highest BCUT2D eigenvalue weighted by Crippen LogP contribution is 2.30. The maximum absolute atomic E-state index is 13.3. The predicted octanol–water partition coefficient (Wildman–Crippen LogP) is 4.21. The molecule has 4 aromatic rings. The summed E-state index contributed by atoms with van der Waals surface area (Å²) in [6.07, 6.45) is 0. The summed E-state index contributed by atoms with van der Waals surface area (Å²) in [7, 11) is -4.02. The van der Waals surface area contributed by atoms with Gasteiger partial charge < -0.3 is 16.8 Å². The molecular formula is C30H32N5O3S+. The third-order valence-corrected chi connectivity index (χ3v) is 7.39. The van der Waals surface area contributed by atoms with Gasteiger partial charge in [-0.3, -0.25) is 4.79 Å². The summed E-state index contributed by atoms with van der Waals surface area (Å²) < 4.78 is 29.7. The second-order valence-corrected chi connectivity index (χ2v) is 11.8. The van der Waals surface area contributed by atoms with Gasteiger partial charge in [-0.15, -0.1) is 4.40 Å². The fraction of sp³-hybridized carbons (Fsp3) is 0.167. The largest absolute Gasteiger partial charge is 0.369 e. The summed E-state index contributed by atoms with van der Waals surface area (Å²) in [6.45, 7) is 6.42. The standard InChI is InChI=1S/C30H31N5O3S/c1-30(2,3)27-19-23(21-10-6-4-7-11-21)18-26(22-12-8-5-9-13-22)35(27)20-28(36)33-24-14-16-25(17-15-24)39(37,38)34-29(31)32/h4-19H,20H2,1-3H3,(H4-,31,32,33,34,36)/p+1. The Balaban J connectivity index is 1.72. The second-order valence-electron chi connectivity index (χ2n) is 10.1. The number of hydrogen-bond donors (Lipinski definition) is 3. The van der Waals surface area contributed by atoms with Crippen molar-refractivity contribution in [2.75, 3.05) is 5.32 Å². The van der Waals surface area contributed by atoms with Crippen LogP contribution in [0.3, 0.4) is 0 Å². The molecular weight excluding hydrogens is 510 g/mol. The average Bonchev–Trinajstić information content (AvgIpc) is 2.88.